The van der Waals surface area contributed by atoms with Crippen LogP contribution in [-0.2, 0) is 6.42 Å². The van der Waals surface area contributed by atoms with Gasteiger partial charge >= 0.3 is 0 Å². The molecule has 0 saturated heterocycles. The number of aromatic nitrogens is 3. The van der Waals surface area contributed by atoms with E-state index in [2.05, 4.69) is 36.3 Å². The molecule has 2 aromatic rings. The van der Waals surface area contributed by atoms with Crippen molar-refractivity contribution < 1.29 is 4.74 Å². The van der Waals surface area contributed by atoms with Gasteiger partial charge in [-0.25, -0.2) is 9.97 Å². The number of ether oxygens (including phenoxy) is 1. The molecule has 100 valence electrons. The first-order valence-electron chi connectivity index (χ1n) is 5.64. The van der Waals surface area contributed by atoms with E-state index in [1.54, 1.807) is 25.6 Å². The highest BCUT2D eigenvalue weighted by Crippen LogP contribution is 2.19. The normalized spacial score (nSPS) is 12.2. The summed E-state index contributed by atoms with van der Waals surface area (Å²) >= 11 is 3.39. The van der Waals surface area contributed by atoms with Crippen LogP contribution in [0.4, 0.5) is 0 Å². The molecular formula is C12H14BrN5O. The van der Waals surface area contributed by atoms with Crippen molar-refractivity contribution in [2.45, 2.75) is 12.5 Å². The maximum absolute atomic E-state index is 5.60. The fourth-order valence-corrected chi connectivity index (χ4v) is 2.12. The lowest BCUT2D eigenvalue weighted by Crippen LogP contribution is -2.30. The summed E-state index contributed by atoms with van der Waals surface area (Å²) in [6.07, 6.45) is 5.66. The van der Waals surface area contributed by atoms with E-state index in [9.17, 15) is 0 Å². The second-order valence-corrected chi connectivity index (χ2v) is 4.84. The SMILES string of the molecule is COc1cc(C(Cc2cncc(Br)c2)NN)ncn1. The zero-order valence-corrected chi connectivity index (χ0v) is 12.0. The highest BCUT2D eigenvalue weighted by Gasteiger charge is 2.13. The Morgan fingerprint density at radius 1 is 1.37 bits per heavy atom. The van der Waals surface area contributed by atoms with E-state index >= 15 is 0 Å². The van der Waals surface area contributed by atoms with Crippen molar-refractivity contribution in [3.8, 4) is 5.88 Å². The standard InChI is InChI=1S/C12H14BrN5O/c1-19-12-4-10(16-7-17-12)11(18-14)3-8-2-9(13)6-15-5-8/h2,4-7,11,18H,3,14H2,1H3. The Kier molecular flexibility index (Phi) is 4.78. The van der Waals surface area contributed by atoms with Crippen LogP contribution < -0.4 is 16.0 Å². The van der Waals surface area contributed by atoms with Crippen LogP contribution in [0.3, 0.4) is 0 Å². The first-order valence-corrected chi connectivity index (χ1v) is 6.43. The van der Waals surface area contributed by atoms with E-state index in [-0.39, 0.29) is 6.04 Å². The lowest BCUT2D eigenvalue weighted by molar-refractivity contribution is 0.393. The van der Waals surface area contributed by atoms with Gasteiger partial charge in [-0.1, -0.05) is 0 Å². The summed E-state index contributed by atoms with van der Waals surface area (Å²) in [6, 6.07) is 3.62. The van der Waals surface area contributed by atoms with E-state index < -0.39 is 0 Å². The van der Waals surface area contributed by atoms with Gasteiger partial charge < -0.3 is 4.74 Å². The van der Waals surface area contributed by atoms with Crippen molar-refractivity contribution in [1.82, 2.24) is 20.4 Å². The van der Waals surface area contributed by atoms with Gasteiger partial charge in [0.2, 0.25) is 5.88 Å². The average molecular weight is 324 g/mol. The van der Waals surface area contributed by atoms with Gasteiger partial charge in [0.05, 0.1) is 18.8 Å². The number of nitrogens with one attached hydrogen (secondary N) is 1. The Morgan fingerprint density at radius 3 is 2.89 bits per heavy atom. The van der Waals surface area contributed by atoms with Gasteiger partial charge in [0, 0.05) is 22.9 Å². The molecule has 2 aromatic heterocycles. The molecule has 0 aliphatic rings. The molecule has 0 aliphatic heterocycles. The molecule has 1 atom stereocenters. The molecule has 0 fully saturated rings. The zero-order chi connectivity index (χ0) is 13.7. The van der Waals surface area contributed by atoms with Crippen molar-refractivity contribution in [3.05, 3.63) is 46.6 Å². The molecule has 0 aliphatic carbocycles. The number of rotatable bonds is 5. The summed E-state index contributed by atoms with van der Waals surface area (Å²) in [5, 5.41) is 0. The minimum Gasteiger partial charge on any atom is -0.481 e. The molecular weight excluding hydrogens is 310 g/mol. The van der Waals surface area contributed by atoms with Crippen LogP contribution in [0.1, 0.15) is 17.3 Å². The van der Waals surface area contributed by atoms with Crippen LogP contribution >= 0.6 is 15.9 Å². The maximum atomic E-state index is 5.60. The van der Waals surface area contributed by atoms with Crippen LogP contribution in [0.25, 0.3) is 0 Å². The fourth-order valence-electron chi connectivity index (χ4n) is 1.71. The zero-order valence-electron chi connectivity index (χ0n) is 10.4. The summed E-state index contributed by atoms with van der Waals surface area (Å²) in [6.45, 7) is 0. The Balaban J connectivity index is 2.19. The average Bonchev–Trinajstić information content (AvgIpc) is 2.45. The van der Waals surface area contributed by atoms with Crippen molar-refractivity contribution in [1.29, 1.82) is 0 Å². The lowest BCUT2D eigenvalue weighted by atomic mass is 10.1. The molecule has 1 unspecified atom stereocenters. The Morgan fingerprint density at radius 2 is 2.21 bits per heavy atom. The maximum Gasteiger partial charge on any atom is 0.216 e. The molecule has 0 spiro atoms. The van der Waals surface area contributed by atoms with Crippen molar-refractivity contribution in [2.24, 2.45) is 5.84 Å². The van der Waals surface area contributed by atoms with Crippen LogP contribution in [0.5, 0.6) is 5.88 Å². The monoisotopic (exact) mass is 323 g/mol. The van der Waals surface area contributed by atoms with E-state index in [4.69, 9.17) is 10.6 Å². The van der Waals surface area contributed by atoms with Crippen molar-refractivity contribution >= 4 is 15.9 Å². The van der Waals surface area contributed by atoms with E-state index in [1.807, 2.05) is 6.07 Å². The minimum absolute atomic E-state index is 0.131. The van der Waals surface area contributed by atoms with Gasteiger partial charge in [0.15, 0.2) is 0 Å². The molecule has 2 rings (SSSR count). The summed E-state index contributed by atoms with van der Waals surface area (Å²) in [5.41, 5.74) is 4.57. The van der Waals surface area contributed by atoms with Crippen molar-refractivity contribution in [2.75, 3.05) is 7.11 Å². The lowest BCUT2D eigenvalue weighted by Gasteiger charge is -2.15. The number of hydrogen-bond donors (Lipinski definition) is 2. The van der Waals surface area contributed by atoms with Crippen LogP contribution in [0.2, 0.25) is 0 Å². The predicted octanol–water partition coefficient (Wildman–Crippen LogP) is 1.39. The summed E-state index contributed by atoms with van der Waals surface area (Å²) in [7, 11) is 1.56. The Hall–Kier alpha value is -1.57. The van der Waals surface area contributed by atoms with Gasteiger partial charge in [-0.15, -0.1) is 0 Å². The topological polar surface area (TPSA) is 86.0 Å². The summed E-state index contributed by atoms with van der Waals surface area (Å²) in [5.74, 6) is 6.11. The number of pyridine rings is 1. The van der Waals surface area contributed by atoms with Crippen molar-refractivity contribution in [3.63, 3.8) is 0 Å². The highest BCUT2D eigenvalue weighted by molar-refractivity contribution is 9.10. The molecule has 0 bridgehead atoms. The number of halogens is 1. The molecule has 0 aromatic carbocycles. The Labute approximate surface area is 119 Å². The van der Waals surface area contributed by atoms with Crippen LogP contribution in [0, 0.1) is 0 Å². The number of hydrazine groups is 1. The van der Waals surface area contributed by atoms with Crippen LogP contribution in [-0.4, -0.2) is 22.1 Å². The third-order valence-corrected chi connectivity index (χ3v) is 3.07. The molecule has 0 saturated carbocycles. The number of nitrogens with two attached hydrogens (primary N) is 1. The number of methoxy groups -OCH3 is 1. The quantitative estimate of drug-likeness (QED) is 0.638. The first-order chi connectivity index (χ1) is 9.22. The highest BCUT2D eigenvalue weighted by atomic mass is 79.9. The number of nitrogens with zero attached hydrogens (tertiary/aromatic N) is 3. The first kappa shape index (κ1) is 13.9. The fraction of sp³-hybridized carbons (Fsp3) is 0.250. The molecule has 6 nitrogen and oxygen atoms in total. The molecule has 19 heavy (non-hydrogen) atoms. The van der Waals surface area contributed by atoms with Gasteiger partial charge in [0.25, 0.3) is 0 Å². The van der Waals surface area contributed by atoms with Gasteiger partial charge in [0.1, 0.15) is 6.33 Å². The van der Waals surface area contributed by atoms with Gasteiger partial charge in [-0.3, -0.25) is 16.3 Å². The third kappa shape index (κ3) is 3.69. The largest absolute Gasteiger partial charge is 0.481 e. The summed E-state index contributed by atoms with van der Waals surface area (Å²) < 4.78 is 6.01. The summed E-state index contributed by atoms with van der Waals surface area (Å²) in [4.78, 5) is 12.3. The third-order valence-electron chi connectivity index (χ3n) is 2.63. The molecule has 3 N–H and O–H groups in total. The smallest absolute Gasteiger partial charge is 0.216 e. The minimum atomic E-state index is -0.131. The predicted molar refractivity (Wildman–Crippen MR) is 74.3 cm³/mol. The second kappa shape index (κ2) is 6.55. The second-order valence-electron chi connectivity index (χ2n) is 3.92. The van der Waals surface area contributed by atoms with Gasteiger partial charge in [-0.05, 0) is 34.0 Å². The van der Waals surface area contributed by atoms with Gasteiger partial charge in [-0.2, -0.15) is 0 Å². The molecule has 0 amide bonds. The molecule has 7 heteroatoms. The Bertz CT molecular complexity index is 551. The van der Waals surface area contributed by atoms with E-state index in [0.29, 0.717) is 12.3 Å². The molecule has 2 heterocycles. The van der Waals surface area contributed by atoms with E-state index in [1.165, 1.54) is 6.33 Å². The van der Waals surface area contributed by atoms with Crippen LogP contribution in [0.15, 0.2) is 35.3 Å². The molecule has 0 radical (unpaired) electrons. The number of hydrogen-bond acceptors (Lipinski definition) is 6. The van der Waals surface area contributed by atoms with E-state index in [0.717, 1.165) is 15.7 Å².